The molecule has 1 fully saturated rings. The first-order valence-electron chi connectivity index (χ1n) is 22.3. The van der Waals surface area contributed by atoms with Gasteiger partial charge in [-0.3, -0.25) is 0 Å². The summed E-state index contributed by atoms with van der Waals surface area (Å²) in [5, 5.41) is 13.4. The van der Waals surface area contributed by atoms with Gasteiger partial charge in [-0.2, -0.15) is 0 Å². The molecular weight excluding hydrogens is 979 g/mol. The van der Waals surface area contributed by atoms with E-state index in [1.807, 2.05) is 27.7 Å². The summed E-state index contributed by atoms with van der Waals surface area (Å²) in [6.45, 7) is 16.3. The van der Waals surface area contributed by atoms with Gasteiger partial charge >= 0.3 is 34.5 Å². The molecule has 0 spiro atoms. The van der Waals surface area contributed by atoms with Gasteiger partial charge in [0.15, 0.2) is 5.79 Å². The molecule has 0 aliphatic carbocycles. The van der Waals surface area contributed by atoms with Crippen LogP contribution in [0.25, 0.3) is 32.7 Å². The molecule has 342 valence electrons. The molecule has 4 atom stereocenters. The number of nitrogens with two attached hydrogens (primary N) is 2. The summed E-state index contributed by atoms with van der Waals surface area (Å²) < 4.78 is 11.3. The summed E-state index contributed by atoms with van der Waals surface area (Å²) in [5.41, 5.74) is 19.4. The molecule has 9 heteroatoms. The zero-order valence-corrected chi connectivity index (χ0v) is 44.0. The second kappa shape index (κ2) is 22.5. The van der Waals surface area contributed by atoms with Crippen LogP contribution in [0.15, 0.2) is 170 Å². The molecule has 8 aromatic carbocycles. The van der Waals surface area contributed by atoms with Gasteiger partial charge in [-0.1, -0.05) is 192 Å². The number of aryl methyl sites for hydroxylation is 4. The van der Waals surface area contributed by atoms with Gasteiger partial charge in [0, 0.05) is 12.1 Å². The SMILES string of the molecule is C[C@@H](N)[C@H]1OC(C)(C)O[C@@H]1[C@@H](C)N.Cc1ccc(P(c2ccc(C)cc2)c2ccc3ccccc3c2-c2c(P(c3ccc(C)cc3)c3ccc(C)cc3)ccc3ccccc23)cc1.[Cl][Ru][Cl]. The predicted octanol–water partition coefficient (Wildman–Crippen LogP) is 12.0. The number of hydrogen-bond donors (Lipinski definition) is 2. The van der Waals surface area contributed by atoms with Crippen molar-refractivity contribution in [3.8, 4) is 11.1 Å². The Morgan fingerprint density at radius 1 is 0.455 bits per heavy atom. The molecule has 0 saturated carbocycles. The van der Waals surface area contributed by atoms with Crippen LogP contribution in [0.5, 0.6) is 0 Å². The number of hydrogen-bond acceptors (Lipinski definition) is 4. The molecule has 1 aliphatic heterocycles. The van der Waals surface area contributed by atoms with Crippen molar-refractivity contribution in [3.05, 3.63) is 192 Å². The minimum atomic E-state index is -0.885. The number of rotatable bonds is 9. The van der Waals surface area contributed by atoms with E-state index in [9.17, 15) is 0 Å². The molecular formula is C57H60Cl2N2O2P2Ru. The molecule has 0 radical (unpaired) electrons. The Balaban J connectivity index is 0.000000346. The van der Waals surface area contributed by atoms with Gasteiger partial charge in [-0.25, -0.2) is 0 Å². The standard InChI is InChI=1S/C48H40P2.C9H20N2O2.2ClH.Ru/c1-33-13-23-39(24-14-33)49(40-25-15-34(2)16-26-40)45-31-21-37-9-5-7-11-43(37)47(45)48-44-12-8-6-10-38(44)22-32-46(48)50(41-27-17-35(3)18-28-41)42-29-19-36(4)20-30-42;1-5(10)7-8(6(2)11)13-9(3,4)12-7;;;/h5-32H,1-4H3;5-8H,10-11H2,1-4H3;2*1H;/q;;;;+2/p-2/t;5-,6-,7-,8-;;;/m.1.../s1. The molecule has 1 aliphatic rings. The van der Waals surface area contributed by atoms with Crippen LogP contribution >= 0.6 is 35.2 Å². The van der Waals surface area contributed by atoms with Crippen LogP contribution in [0.1, 0.15) is 49.9 Å². The van der Waals surface area contributed by atoms with E-state index in [1.165, 1.54) is 86.8 Å². The zero-order chi connectivity index (χ0) is 47.1. The van der Waals surface area contributed by atoms with E-state index in [1.54, 1.807) is 0 Å². The van der Waals surface area contributed by atoms with Crippen LogP contribution in [-0.2, 0) is 24.6 Å². The van der Waals surface area contributed by atoms with Crippen molar-refractivity contribution in [3.63, 3.8) is 0 Å². The first-order valence-corrected chi connectivity index (χ1v) is 29.5. The molecule has 66 heavy (non-hydrogen) atoms. The van der Waals surface area contributed by atoms with Crippen molar-refractivity contribution in [1.29, 1.82) is 0 Å². The first kappa shape index (κ1) is 50.1. The zero-order valence-electron chi connectivity index (χ0n) is 39.0. The van der Waals surface area contributed by atoms with Crippen LogP contribution < -0.4 is 43.3 Å². The average molecular weight is 1040 g/mol. The average Bonchev–Trinajstić information content (AvgIpc) is 3.65. The Morgan fingerprint density at radius 3 is 1.00 bits per heavy atom. The van der Waals surface area contributed by atoms with Gasteiger partial charge in [0.2, 0.25) is 0 Å². The molecule has 0 bridgehead atoms. The van der Waals surface area contributed by atoms with Crippen LogP contribution in [0, 0.1) is 27.7 Å². The normalized spacial score (nSPS) is 16.5. The summed E-state index contributed by atoms with van der Waals surface area (Å²) in [5.74, 6) is -0.559. The van der Waals surface area contributed by atoms with Gasteiger partial charge < -0.3 is 20.9 Å². The molecule has 4 N–H and O–H groups in total. The van der Waals surface area contributed by atoms with E-state index in [4.69, 9.17) is 40.3 Å². The van der Waals surface area contributed by atoms with Crippen LogP contribution in [0.3, 0.4) is 0 Å². The van der Waals surface area contributed by atoms with Crippen LogP contribution in [0.4, 0.5) is 0 Å². The Kier molecular flexibility index (Phi) is 17.1. The second-order valence-corrected chi connectivity index (χ2v) is 24.7. The van der Waals surface area contributed by atoms with Gasteiger partial charge in [0.1, 0.15) is 12.2 Å². The van der Waals surface area contributed by atoms with Gasteiger partial charge in [-0.05, 0) is 136 Å². The third-order valence-corrected chi connectivity index (χ3v) is 16.9. The van der Waals surface area contributed by atoms with E-state index in [-0.39, 0.29) is 39.4 Å². The van der Waals surface area contributed by atoms with E-state index >= 15 is 0 Å². The molecule has 9 rings (SSSR count). The Hall–Kier alpha value is -3.82. The Labute approximate surface area is 410 Å². The number of ether oxygens (including phenoxy) is 2. The molecule has 8 aromatic rings. The fourth-order valence-corrected chi connectivity index (χ4v) is 13.5. The van der Waals surface area contributed by atoms with E-state index < -0.39 is 21.6 Å². The van der Waals surface area contributed by atoms with Crippen molar-refractivity contribution in [2.24, 2.45) is 11.5 Å². The number of benzene rings is 8. The van der Waals surface area contributed by atoms with E-state index in [2.05, 4.69) is 198 Å². The number of halogens is 2. The molecule has 1 heterocycles. The fraction of sp³-hybridized carbons (Fsp3) is 0.228. The van der Waals surface area contributed by atoms with Gasteiger partial charge in [0.25, 0.3) is 0 Å². The molecule has 0 amide bonds. The van der Waals surface area contributed by atoms with Crippen molar-refractivity contribution in [2.45, 2.75) is 85.5 Å². The second-order valence-electron chi connectivity index (χ2n) is 17.7. The Bertz CT molecular complexity index is 2570. The summed E-state index contributed by atoms with van der Waals surface area (Å²) in [6, 6.07) is 64.5. The summed E-state index contributed by atoms with van der Waals surface area (Å²) in [4.78, 5) is 0. The predicted molar refractivity (Wildman–Crippen MR) is 286 cm³/mol. The third kappa shape index (κ3) is 11.7. The quantitative estimate of drug-likeness (QED) is 0.112. The van der Waals surface area contributed by atoms with E-state index in [0.29, 0.717) is 0 Å². The maximum atomic E-state index is 5.79. The van der Waals surface area contributed by atoms with Crippen molar-refractivity contribution < 1.29 is 24.6 Å². The van der Waals surface area contributed by atoms with Crippen molar-refractivity contribution in [1.82, 2.24) is 0 Å². The monoisotopic (exact) mass is 1040 g/mol. The van der Waals surface area contributed by atoms with Gasteiger partial charge in [0.05, 0.1) is 0 Å². The summed E-state index contributed by atoms with van der Waals surface area (Å²) in [6.07, 6.45) is -0.204. The van der Waals surface area contributed by atoms with Gasteiger partial charge in [-0.15, -0.1) is 0 Å². The molecule has 0 aromatic heterocycles. The molecule has 1 saturated heterocycles. The maximum absolute atomic E-state index is 5.79. The van der Waals surface area contributed by atoms with Crippen LogP contribution in [-0.4, -0.2) is 30.1 Å². The molecule has 4 nitrogen and oxygen atoms in total. The topological polar surface area (TPSA) is 70.5 Å². The number of fused-ring (bicyclic) bond motifs is 2. The molecule has 0 unspecified atom stereocenters. The first-order chi connectivity index (χ1) is 31.7. The summed E-state index contributed by atoms with van der Waals surface area (Å²) >= 11 is -0.346. The third-order valence-electron chi connectivity index (χ3n) is 11.9. The minimum absolute atomic E-state index is 0.0576. The van der Waals surface area contributed by atoms with Crippen LogP contribution in [0.2, 0.25) is 0 Å². The van der Waals surface area contributed by atoms with E-state index in [0.717, 1.165) is 0 Å². The Morgan fingerprint density at radius 2 is 0.727 bits per heavy atom. The summed E-state index contributed by atoms with van der Waals surface area (Å²) in [7, 11) is 7.94. The van der Waals surface area contributed by atoms with Crippen molar-refractivity contribution in [2.75, 3.05) is 0 Å². The fourth-order valence-electron chi connectivity index (χ4n) is 8.68. The van der Waals surface area contributed by atoms with Crippen molar-refractivity contribution >= 4 is 88.6 Å².